The van der Waals surface area contributed by atoms with Gasteiger partial charge >= 0.3 is 0 Å². The molecular formula is C20H19OPS. The second kappa shape index (κ2) is 6.78. The quantitative estimate of drug-likeness (QED) is 0.599. The van der Waals surface area contributed by atoms with Gasteiger partial charge in [-0.1, -0.05) is 89.2 Å². The summed E-state index contributed by atoms with van der Waals surface area (Å²) in [4.78, 5) is 1.02. The van der Waals surface area contributed by atoms with Gasteiger partial charge in [-0.15, -0.1) is 0 Å². The molecule has 0 bridgehead atoms. The molecule has 0 aliphatic rings. The van der Waals surface area contributed by atoms with E-state index in [1.165, 1.54) is 22.5 Å². The molecule has 0 saturated heterocycles. The van der Waals surface area contributed by atoms with E-state index in [0.29, 0.717) is 0 Å². The first kappa shape index (κ1) is 16.1. The molecule has 23 heavy (non-hydrogen) atoms. The Morgan fingerprint density at radius 3 is 1.52 bits per heavy atom. The van der Waals surface area contributed by atoms with Gasteiger partial charge in [0.25, 0.3) is 0 Å². The van der Waals surface area contributed by atoms with E-state index >= 15 is 0 Å². The Bertz CT molecular complexity index is 774. The van der Waals surface area contributed by atoms with Crippen molar-refractivity contribution in [3.8, 4) is 0 Å². The molecule has 0 unspecified atom stereocenters. The summed E-state index contributed by atoms with van der Waals surface area (Å²) in [5.41, 5.74) is 2.35. The lowest BCUT2D eigenvalue weighted by molar-refractivity contribution is 0.595. The lowest BCUT2D eigenvalue weighted by Gasteiger charge is -2.19. The molecule has 3 rings (SSSR count). The van der Waals surface area contributed by atoms with Gasteiger partial charge in [0.1, 0.15) is 0 Å². The van der Waals surface area contributed by atoms with Gasteiger partial charge in [0.2, 0.25) is 0 Å². The van der Waals surface area contributed by atoms with Crippen LogP contribution in [0.2, 0.25) is 0 Å². The van der Waals surface area contributed by atoms with E-state index in [2.05, 4.69) is 0 Å². The van der Waals surface area contributed by atoms with E-state index < -0.39 is 6.34 Å². The lowest BCUT2D eigenvalue weighted by Crippen LogP contribution is -2.13. The van der Waals surface area contributed by atoms with Crippen LogP contribution in [-0.2, 0) is 4.57 Å². The lowest BCUT2D eigenvalue weighted by atomic mass is 10.2. The third-order valence-electron chi connectivity index (χ3n) is 3.72. The summed E-state index contributed by atoms with van der Waals surface area (Å²) in [6.07, 6.45) is -2.77. The van der Waals surface area contributed by atoms with E-state index in [1.807, 2.05) is 92.7 Å². The van der Waals surface area contributed by atoms with E-state index in [-0.39, 0.29) is 0 Å². The molecule has 3 aromatic carbocycles. The zero-order valence-corrected chi connectivity index (χ0v) is 15.0. The Morgan fingerprint density at radius 1 is 0.652 bits per heavy atom. The maximum absolute atomic E-state index is 14.0. The highest BCUT2D eigenvalue weighted by molar-refractivity contribution is 8.62. The summed E-state index contributed by atoms with van der Waals surface area (Å²) >= 11 is 1.46. The van der Waals surface area contributed by atoms with Gasteiger partial charge in [-0.05, 0) is 26.0 Å². The molecule has 0 fully saturated rings. The molecule has 0 saturated carbocycles. The molecule has 0 atom stereocenters. The molecule has 0 aliphatic carbocycles. The highest BCUT2D eigenvalue weighted by Gasteiger charge is 2.28. The van der Waals surface area contributed by atoms with Crippen LogP contribution in [0, 0.1) is 13.8 Å². The van der Waals surface area contributed by atoms with Crippen LogP contribution >= 0.6 is 17.7 Å². The maximum Gasteiger partial charge on any atom is 0.199 e. The standard InChI is InChI=1S/C20H19OPS/c1-16-8-12-18(13-9-16)22(21,19-14-10-17(2)11-15-19)23-20-6-4-3-5-7-20/h3-15H,1-2H3. The summed E-state index contributed by atoms with van der Waals surface area (Å²) in [6.45, 7) is 4.09. The minimum Gasteiger partial charge on any atom is -0.302 e. The van der Waals surface area contributed by atoms with Crippen LogP contribution in [0.4, 0.5) is 0 Å². The zero-order valence-electron chi connectivity index (χ0n) is 13.3. The summed E-state index contributed by atoms with van der Waals surface area (Å²) in [6, 6.07) is 26.1. The first-order valence-corrected chi connectivity index (χ1v) is 10.7. The molecule has 1 nitrogen and oxygen atoms in total. The number of aryl methyl sites for hydroxylation is 2. The molecule has 116 valence electrons. The third-order valence-corrected chi connectivity index (χ3v) is 9.09. The van der Waals surface area contributed by atoms with E-state index in [9.17, 15) is 4.57 Å². The van der Waals surface area contributed by atoms with Crippen molar-refractivity contribution in [2.24, 2.45) is 0 Å². The molecule has 0 radical (unpaired) electrons. The number of hydrogen-bond acceptors (Lipinski definition) is 2. The predicted octanol–water partition coefficient (Wildman–Crippen LogP) is 5.32. The van der Waals surface area contributed by atoms with Gasteiger partial charge in [0, 0.05) is 15.5 Å². The molecule has 0 heterocycles. The van der Waals surface area contributed by atoms with Crippen LogP contribution < -0.4 is 10.6 Å². The minimum absolute atomic E-state index is 0.890. The van der Waals surface area contributed by atoms with Gasteiger partial charge in [0.15, 0.2) is 6.34 Å². The number of benzene rings is 3. The number of rotatable bonds is 4. The highest BCUT2D eigenvalue weighted by Crippen LogP contribution is 2.59. The minimum atomic E-state index is -2.77. The Morgan fingerprint density at radius 2 is 1.09 bits per heavy atom. The van der Waals surface area contributed by atoms with Crippen molar-refractivity contribution < 1.29 is 4.57 Å². The van der Waals surface area contributed by atoms with Crippen LogP contribution in [0.15, 0.2) is 83.8 Å². The summed E-state index contributed by atoms with van der Waals surface area (Å²) in [5.74, 6) is 0. The SMILES string of the molecule is Cc1ccc(P(=O)(Sc2ccccc2)c2ccc(C)cc2)cc1. The van der Waals surface area contributed by atoms with Crippen LogP contribution in [0.3, 0.4) is 0 Å². The molecule has 0 spiro atoms. The fourth-order valence-corrected chi connectivity index (χ4v) is 7.15. The van der Waals surface area contributed by atoms with Crippen LogP contribution in [0.1, 0.15) is 11.1 Å². The molecule has 3 aromatic rings. The van der Waals surface area contributed by atoms with Crippen molar-refractivity contribution in [3.63, 3.8) is 0 Å². The van der Waals surface area contributed by atoms with Crippen molar-refractivity contribution >= 4 is 28.3 Å². The smallest absolute Gasteiger partial charge is 0.199 e. The molecule has 0 aromatic heterocycles. The summed E-state index contributed by atoms with van der Waals surface area (Å²) < 4.78 is 14.0. The van der Waals surface area contributed by atoms with Gasteiger partial charge in [0.05, 0.1) is 0 Å². The Balaban J connectivity index is 2.10. The van der Waals surface area contributed by atoms with Crippen molar-refractivity contribution in [2.75, 3.05) is 0 Å². The topological polar surface area (TPSA) is 17.1 Å². The van der Waals surface area contributed by atoms with Gasteiger partial charge in [-0.2, -0.15) is 0 Å². The first-order chi connectivity index (χ1) is 11.1. The molecular weight excluding hydrogens is 319 g/mol. The molecule has 0 amide bonds. The largest absolute Gasteiger partial charge is 0.302 e. The van der Waals surface area contributed by atoms with Gasteiger partial charge in [-0.25, -0.2) is 0 Å². The van der Waals surface area contributed by atoms with E-state index in [1.54, 1.807) is 0 Å². The first-order valence-electron chi connectivity index (χ1n) is 7.57. The highest BCUT2D eigenvalue weighted by atomic mass is 32.7. The summed E-state index contributed by atoms with van der Waals surface area (Å²) in [7, 11) is 0. The average Bonchev–Trinajstić information content (AvgIpc) is 2.57. The summed E-state index contributed by atoms with van der Waals surface area (Å²) in [5, 5.41) is 1.78. The normalized spacial score (nSPS) is 11.4. The monoisotopic (exact) mass is 338 g/mol. The third kappa shape index (κ3) is 3.60. The van der Waals surface area contributed by atoms with Crippen molar-refractivity contribution in [1.29, 1.82) is 0 Å². The molecule has 0 N–H and O–H groups in total. The predicted molar refractivity (Wildman–Crippen MR) is 102 cm³/mol. The zero-order chi connectivity index (χ0) is 16.3. The fraction of sp³-hybridized carbons (Fsp3) is 0.100. The second-order valence-corrected chi connectivity index (χ2v) is 10.5. The maximum atomic E-state index is 14.0. The molecule has 3 heteroatoms. The molecule has 0 aliphatic heterocycles. The van der Waals surface area contributed by atoms with Crippen LogP contribution in [0.5, 0.6) is 0 Å². The van der Waals surface area contributed by atoms with Crippen LogP contribution in [-0.4, -0.2) is 0 Å². The van der Waals surface area contributed by atoms with Crippen molar-refractivity contribution in [2.45, 2.75) is 18.7 Å². The van der Waals surface area contributed by atoms with Gasteiger partial charge < -0.3 is 4.57 Å². The second-order valence-electron chi connectivity index (χ2n) is 5.63. The average molecular weight is 338 g/mol. The van der Waals surface area contributed by atoms with Crippen LogP contribution in [0.25, 0.3) is 0 Å². The fourth-order valence-electron chi connectivity index (χ4n) is 2.37. The Hall–Kier alpha value is -1.76. The van der Waals surface area contributed by atoms with Crippen molar-refractivity contribution in [3.05, 3.63) is 90.0 Å². The van der Waals surface area contributed by atoms with E-state index in [4.69, 9.17) is 0 Å². The number of hydrogen-bond donors (Lipinski definition) is 0. The van der Waals surface area contributed by atoms with E-state index in [0.717, 1.165) is 15.5 Å². The van der Waals surface area contributed by atoms with Gasteiger partial charge in [-0.3, -0.25) is 0 Å². The Kier molecular flexibility index (Phi) is 4.75. The van der Waals surface area contributed by atoms with Crippen molar-refractivity contribution in [1.82, 2.24) is 0 Å². The Labute approximate surface area is 141 Å².